The van der Waals surface area contributed by atoms with Crippen molar-refractivity contribution in [3.63, 3.8) is 0 Å². The van der Waals surface area contributed by atoms with Crippen molar-refractivity contribution < 1.29 is 4.39 Å². The van der Waals surface area contributed by atoms with E-state index in [9.17, 15) is 4.39 Å². The molecule has 0 radical (unpaired) electrons. The Morgan fingerprint density at radius 2 is 1.90 bits per heavy atom. The normalized spacial score (nSPS) is 15.3. The van der Waals surface area contributed by atoms with Gasteiger partial charge in [0.1, 0.15) is 11.6 Å². The molecule has 1 aliphatic rings. The van der Waals surface area contributed by atoms with Crippen LogP contribution in [-0.4, -0.2) is 68.4 Å². The first-order valence-corrected chi connectivity index (χ1v) is 11.3. The second kappa shape index (κ2) is 11.8. The number of hydrogen-bond donors (Lipinski definition) is 2. The Balaban J connectivity index is 1.37. The summed E-state index contributed by atoms with van der Waals surface area (Å²) in [5, 5.41) is 6.73. The molecule has 2 aromatic rings. The quantitative estimate of drug-likeness (QED) is 0.291. The predicted molar refractivity (Wildman–Crippen MR) is 124 cm³/mol. The molecular formula is C22H31FN6S. The van der Waals surface area contributed by atoms with Gasteiger partial charge in [-0.05, 0) is 61.2 Å². The van der Waals surface area contributed by atoms with Crippen LogP contribution in [0.5, 0.6) is 0 Å². The molecule has 1 saturated heterocycles. The van der Waals surface area contributed by atoms with Crippen LogP contribution in [0.25, 0.3) is 0 Å². The Labute approximate surface area is 183 Å². The molecule has 2 heterocycles. The fourth-order valence-electron chi connectivity index (χ4n) is 3.19. The van der Waals surface area contributed by atoms with E-state index >= 15 is 0 Å². The Morgan fingerprint density at radius 3 is 2.63 bits per heavy atom. The molecule has 30 heavy (non-hydrogen) atoms. The predicted octanol–water partition coefficient (Wildman–Crippen LogP) is 2.82. The van der Waals surface area contributed by atoms with Gasteiger partial charge < -0.3 is 20.4 Å². The van der Waals surface area contributed by atoms with Gasteiger partial charge in [0, 0.05) is 57.4 Å². The molecule has 1 aromatic heterocycles. The number of anilines is 1. The minimum Gasteiger partial charge on any atom is -0.356 e. The molecule has 1 aliphatic heterocycles. The standard InChI is InChI=1S/C22H31FN6S/c1-24-22(26-9-3-15-30-20-6-4-19(23)5-7-20)27-17-18-8-10-25-21(16-18)29-13-11-28(2)12-14-29/h4-8,10,16H,3,9,11-15,17H2,1-2H3,(H2,24,26,27). The van der Waals surface area contributed by atoms with Gasteiger partial charge in [-0.2, -0.15) is 0 Å². The summed E-state index contributed by atoms with van der Waals surface area (Å²) in [7, 11) is 3.94. The van der Waals surface area contributed by atoms with Crippen molar-refractivity contribution in [2.45, 2.75) is 17.9 Å². The highest BCUT2D eigenvalue weighted by molar-refractivity contribution is 7.99. The van der Waals surface area contributed by atoms with Crippen LogP contribution in [0.15, 0.2) is 52.5 Å². The summed E-state index contributed by atoms with van der Waals surface area (Å²) < 4.78 is 12.9. The van der Waals surface area contributed by atoms with Gasteiger partial charge in [-0.3, -0.25) is 4.99 Å². The number of piperazine rings is 1. The maximum Gasteiger partial charge on any atom is 0.191 e. The van der Waals surface area contributed by atoms with Gasteiger partial charge in [0.05, 0.1) is 0 Å². The number of halogens is 1. The number of hydrogen-bond acceptors (Lipinski definition) is 5. The highest BCUT2D eigenvalue weighted by Crippen LogP contribution is 2.18. The molecule has 6 nitrogen and oxygen atoms in total. The summed E-state index contributed by atoms with van der Waals surface area (Å²) in [6.07, 6.45) is 2.87. The third-order valence-electron chi connectivity index (χ3n) is 5.02. The van der Waals surface area contributed by atoms with Crippen molar-refractivity contribution >= 4 is 23.5 Å². The van der Waals surface area contributed by atoms with Crippen LogP contribution in [0.4, 0.5) is 10.2 Å². The molecule has 3 rings (SSSR count). The number of nitrogens with zero attached hydrogens (tertiary/aromatic N) is 4. The highest BCUT2D eigenvalue weighted by atomic mass is 32.2. The lowest BCUT2D eigenvalue weighted by molar-refractivity contribution is 0.312. The third kappa shape index (κ3) is 7.18. The van der Waals surface area contributed by atoms with Crippen molar-refractivity contribution in [2.24, 2.45) is 4.99 Å². The van der Waals surface area contributed by atoms with Gasteiger partial charge in [-0.25, -0.2) is 9.37 Å². The van der Waals surface area contributed by atoms with E-state index in [2.05, 4.69) is 43.5 Å². The van der Waals surface area contributed by atoms with Crippen LogP contribution in [0.2, 0.25) is 0 Å². The molecule has 0 bridgehead atoms. The fraction of sp³-hybridized carbons (Fsp3) is 0.455. The first-order valence-electron chi connectivity index (χ1n) is 10.4. The van der Waals surface area contributed by atoms with Crippen LogP contribution in [-0.2, 0) is 6.54 Å². The lowest BCUT2D eigenvalue weighted by Crippen LogP contribution is -2.44. The molecular weight excluding hydrogens is 399 g/mol. The summed E-state index contributed by atoms with van der Waals surface area (Å²) in [5.41, 5.74) is 1.19. The average molecular weight is 431 g/mol. The van der Waals surface area contributed by atoms with E-state index in [0.717, 1.165) is 61.6 Å². The van der Waals surface area contributed by atoms with Gasteiger partial charge in [0.2, 0.25) is 0 Å². The van der Waals surface area contributed by atoms with Crippen molar-refractivity contribution in [3.05, 3.63) is 54.0 Å². The molecule has 1 aromatic carbocycles. The zero-order chi connectivity index (χ0) is 21.2. The molecule has 0 unspecified atom stereocenters. The van der Waals surface area contributed by atoms with E-state index in [1.165, 1.54) is 17.7 Å². The van der Waals surface area contributed by atoms with Crippen LogP contribution in [0.3, 0.4) is 0 Å². The summed E-state index contributed by atoms with van der Waals surface area (Å²) in [4.78, 5) is 14.6. The number of aliphatic imine (C=N–C) groups is 1. The number of rotatable bonds is 8. The highest BCUT2D eigenvalue weighted by Gasteiger charge is 2.15. The first kappa shape index (κ1) is 22.4. The van der Waals surface area contributed by atoms with E-state index in [4.69, 9.17) is 0 Å². The zero-order valence-electron chi connectivity index (χ0n) is 17.8. The average Bonchev–Trinajstić information content (AvgIpc) is 2.77. The largest absolute Gasteiger partial charge is 0.356 e. The number of nitrogens with one attached hydrogen (secondary N) is 2. The van der Waals surface area contributed by atoms with Gasteiger partial charge in [-0.1, -0.05) is 0 Å². The Hall–Kier alpha value is -2.32. The molecule has 0 atom stereocenters. The SMILES string of the molecule is CN=C(NCCCSc1ccc(F)cc1)NCc1ccnc(N2CCN(C)CC2)c1. The Kier molecular flexibility index (Phi) is 8.77. The second-order valence-electron chi connectivity index (χ2n) is 7.32. The first-order chi connectivity index (χ1) is 14.6. The van der Waals surface area contributed by atoms with Gasteiger partial charge in [-0.15, -0.1) is 11.8 Å². The molecule has 8 heteroatoms. The van der Waals surface area contributed by atoms with Crippen molar-refractivity contribution in [2.75, 3.05) is 57.5 Å². The second-order valence-corrected chi connectivity index (χ2v) is 8.49. The lowest BCUT2D eigenvalue weighted by atomic mass is 10.2. The molecule has 0 spiro atoms. The maximum absolute atomic E-state index is 12.9. The summed E-state index contributed by atoms with van der Waals surface area (Å²) in [5.74, 6) is 2.61. The number of guanidine groups is 1. The van der Waals surface area contributed by atoms with Crippen molar-refractivity contribution in [1.82, 2.24) is 20.5 Å². The number of aromatic nitrogens is 1. The van der Waals surface area contributed by atoms with Crippen LogP contribution >= 0.6 is 11.8 Å². The molecule has 2 N–H and O–H groups in total. The van der Waals surface area contributed by atoms with Gasteiger partial charge in [0.15, 0.2) is 5.96 Å². The van der Waals surface area contributed by atoms with Crippen LogP contribution in [0.1, 0.15) is 12.0 Å². The zero-order valence-corrected chi connectivity index (χ0v) is 18.6. The molecule has 1 fully saturated rings. The fourth-order valence-corrected chi connectivity index (χ4v) is 4.04. The summed E-state index contributed by atoms with van der Waals surface area (Å²) >= 11 is 1.73. The van der Waals surface area contributed by atoms with Gasteiger partial charge in [0.25, 0.3) is 0 Å². The van der Waals surface area contributed by atoms with Crippen molar-refractivity contribution in [3.8, 4) is 0 Å². The summed E-state index contributed by atoms with van der Waals surface area (Å²) in [6.45, 7) is 5.70. The van der Waals surface area contributed by atoms with Gasteiger partial charge >= 0.3 is 0 Å². The van der Waals surface area contributed by atoms with E-state index in [0.29, 0.717) is 6.54 Å². The van der Waals surface area contributed by atoms with E-state index in [1.54, 1.807) is 18.8 Å². The maximum atomic E-state index is 12.9. The number of thioether (sulfide) groups is 1. The van der Waals surface area contributed by atoms with E-state index < -0.39 is 0 Å². The lowest BCUT2D eigenvalue weighted by Gasteiger charge is -2.33. The molecule has 0 aliphatic carbocycles. The number of likely N-dealkylation sites (N-methyl/N-ethyl adjacent to an activating group) is 1. The minimum absolute atomic E-state index is 0.194. The van der Waals surface area contributed by atoms with Crippen molar-refractivity contribution in [1.29, 1.82) is 0 Å². The minimum atomic E-state index is -0.194. The monoisotopic (exact) mass is 430 g/mol. The molecule has 0 amide bonds. The smallest absolute Gasteiger partial charge is 0.191 e. The number of pyridine rings is 1. The third-order valence-corrected chi connectivity index (χ3v) is 6.11. The molecule has 162 valence electrons. The topological polar surface area (TPSA) is 55.8 Å². The van der Waals surface area contributed by atoms with E-state index in [-0.39, 0.29) is 5.82 Å². The van der Waals surface area contributed by atoms with Crippen LogP contribution in [0, 0.1) is 5.82 Å². The Morgan fingerprint density at radius 1 is 1.13 bits per heavy atom. The molecule has 0 saturated carbocycles. The number of benzene rings is 1. The summed E-state index contributed by atoms with van der Waals surface area (Å²) in [6, 6.07) is 10.8. The van der Waals surface area contributed by atoms with E-state index in [1.807, 2.05) is 24.4 Å². The van der Waals surface area contributed by atoms with Crippen LogP contribution < -0.4 is 15.5 Å². The Bertz CT molecular complexity index is 806.